The van der Waals surface area contributed by atoms with Gasteiger partial charge in [0.25, 0.3) is 5.91 Å². The maximum Gasteiger partial charge on any atom is 0.316 e. The maximum atomic E-state index is 13.5. The number of fused-ring (bicyclic) bond motifs is 1. The van der Waals surface area contributed by atoms with Gasteiger partial charge in [-0.1, -0.05) is 12.1 Å². The summed E-state index contributed by atoms with van der Waals surface area (Å²) in [7, 11) is -0.190. The molecule has 9 nitrogen and oxygen atoms in total. The van der Waals surface area contributed by atoms with Gasteiger partial charge in [0.05, 0.1) is 39.2 Å². The lowest BCUT2D eigenvalue weighted by Crippen LogP contribution is -2.39. The van der Waals surface area contributed by atoms with Gasteiger partial charge in [-0.3, -0.25) is 14.4 Å². The van der Waals surface area contributed by atoms with Gasteiger partial charge in [0.15, 0.2) is 0 Å². The second-order valence-electron chi connectivity index (χ2n) is 7.68. The highest BCUT2D eigenvalue weighted by atomic mass is 32.2. The Labute approximate surface area is 198 Å². The Bertz CT molecular complexity index is 1710. The zero-order valence-corrected chi connectivity index (χ0v) is 19.7. The zero-order valence-electron chi connectivity index (χ0n) is 18.9. The van der Waals surface area contributed by atoms with Crippen molar-refractivity contribution >= 4 is 32.5 Å². The van der Waals surface area contributed by atoms with Crippen molar-refractivity contribution in [3.8, 4) is 5.75 Å². The number of carbonyl (C=O) groups excluding carboxylic acids is 1. The zero-order chi connectivity index (χ0) is 25.5. The molecule has 0 saturated heterocycles. The fourth-order valence-electron chi connectivity index (χ4n) is 3.68. The molecule has 0 bridgehead atoms. The smallest absolute Gasteiger partial charge is 0.316 e. The van der Waals surface area contributed by atoms with Crippen LogP contribution < -0.4 is 21.2 Å². The van der Waals surface area contributed by atoms with Crippen LogP contribution in [0.2, 0.25) is 0 Å². The van der Waals surface area contributed by atoms with E-state index in [0.717, 1.165) is 33.4 Å². The minimum atomic E-state index is -4.29. The molecule has 0 atom stereocenters. The first kappa shape index (κ1) is 23.9. The number of aromatic nitrogens is 2. The van der Waals surface area contributed by atoms with Crippen LogP contribution in [0.25, 0.3) is 11.0 Å². The van der Waals surface area contributed by atoms with Gasteiger partial charge in [-0.2, -0.15) is 0 Å². The average molecular weight is 498 g/mol. The Kier molecular flexibility index (Phi) is 6.03. The summed E-state index contributed by atoms with van der Waals surface area (Å²) in [6, 6.07) is 13.1. The van der Waals surface area contributed by atoms with Crippen LogP contribution in [0.1, 0.15) is 10.4 Å². The number of aryl methyl sites for hydroxylation is 2. The topological polar surface area (TPSA) is 116 Å². The predicted octanol–water partition coefficient (Wildman–Crippen LogP) is 2.47. The van der Waals surface area contributed by atoms with E-state index in [1.165, 1.54) is 39.4 Å². The first-order valence-corrected chi connectivity index (χ1v) is 11.7. The van der Waals surface area contributed by atoms with E-state index in [2.05, 4.69) is 5.32 Å². The highest BCUT2D eigenvalue weighted by molar-refractivity contribution is 7.91. The summed E-state index contributed by atoms with van der Waals surface area (Å²) in [5.41, 5.74) is -1.30. The molecular weight excluding hydrogens is 477 g/mol. The molecule has 0 unspecified atom stereocenters. The van der Waals surface area contributed by atoms with Crippen molar-refractivity contribution in [1.82, 2.24) is 9.13 Å². The number of halogens is 1. The van der Waals surface area contributed by atoms with Crippen molar-refractivity contribution in [3.63, 3.8) is 0 Å². The molecule has 0 fully saturated rings. The van der Waals surface area contributed by atoms with Crippen molar-refractivity contribution in [2.45, 2.75) is 9.79 Å². The number of amides is 1. The fourth-order valence-corrected chi connectivity index (χ4v) is 5.10. The van der Waals surface area contributed by atoms with E-state index in [4.69, 9.17) is 4.74 Å². The molecule has 1 amide bonds. The summed E-state index contributed by atoms with van der Waals surface area (Å²) in [4.78, 5) is 37.2. The van der Waals surface area contributed by atoms with E-state index in [1.54, 1.807) is 18.2 Å². The van der Waals surface area contributed by atoms with E-state index in [1.807, 2.05) is 0 Å². The van der Waals surface area contributed by atoms with Crippen LogP contribution >= 0.6 is 0 Å². The summed E-state index contributed by atoms with van der Waals surface area (Å²) >= 11 is 0. The normalized spacial score (nSPS) is 11.4. The number of sulfone groups is 1. The molecule has 35 heavy (non-hydrogen) atoms. The molecule has 1 N–H and O–H groups in total. The van der Waals surface area contributed by atoms with Crippen LogP contribution in [0.4, 0.5) is 10.1 Å². The van der Waals surface area contributed by atoms with Gasteiger partial charge in [0.1, 0.15) is 11.6 Å². The largest absolute Gasteiger partial charge is 0.496 e. The minimum Gasteiger partial charge on any atom is -0.496 e. The third-order valence-corrected chi connectivity index (χ3v) is 7.41. The Balaban J connectivity index is 2.00. The molecule has 4 rings (SSSR count). The van der Waals surface area contributed by atoms with Crippen molar-refractivity contribution in [2.75, 3.05) is 12.4 Å². The maximum absolute atomic E-state index is 13.5. The molecule has 0 aliphatic heterocycles. The van der Waals surface area contributed by atoms with Gasteiger partial charge in [-0.15, -0.1) is 0 Å². The monoisotopic (exact) mass is 497 g/mol. The van der Waals surface area contributed by atoms with E-state index < -0.39 is 32.7 Å². The molecule has 0 spiro atoms. The lowest BCUT2D eigenvalue weighted by molar-refractivity contribution is 0.102. The molecule has 0 aliphatic rings. The summed E-state index contributed by atoms with van der Waals surface area (Å²) in [5.74, 6) is -1.01. The summed E-state index contributed by atoms with van der Waals surface area (Å²) in [5, 5.41) is 2.59. The highest BCUT2D eigenvalue weighted by Gasteiger charge is 2.26. The number of rotatable bonds is 5. The summed E-state index contributed by atoms with van der Waals surface area (Å²) in [6.45, 7) is 0. The average Bonchev–Trinajstić information content (AvgIpc) is 2.86. The SMILES string of the molecule is COc1ccccc1C(=O)Nc1cc2c(cc1S(=O)(=O)c1ccc(F)cc1)n(C)c(=O)c(=O)n2C. The highest BCUT2D eigenvalue weighted by Crippen LogP contribution is 2.32. The van der Waals surface area contributed by atoms with Crippen molar-refractivity contribution in [2.24, 2.45) is 14.1 Å². The number of anilines is 1. The Hall–Kier alpha value is -4.25. The standard InChI is InChI=1S/C24H20FN3O6S/c1-27-18-12-17(26-22(29)16-6-4-5-7-20(16)34-3)21(13-19(18)28(2)24(31)23(27)30)35(32,33)15-10-8-14(25)9-11-15/h4-13H,1-3H3,(H,26,29). The van der Waals surface area contributed by atoms with E-state index in [-0.39, 0.29) is 37.8 Å². The van der Waals surface area contributed by atoms with Crippen molar-refractivity contribution in [3.05, 3.63) is 92.8 Å². The molecule has 0 aliphatic carbocycles. The molecule has 1 aromatic heterocycles. The summed E-state index contributed by atoms with van der Waals surface area (Å²) < 4.78 is 47.9. The fraction of sp³-hybridized carbons (Fsp3) is 0.125. The second kappa shape index (κ2) is 8.84. The van der Waals surface area contributed by atoms with Crippen LogP contribution in [0.5, 0.6) is 5.75 Å². The number of hydrogen-bond donors (Lipinski definition) is 1. The van der Waals surface area contributed by atoms with Gasteiger partial charge >= 0.3 is 11.1 Å². The Morgan fingerprint density at radius 3 is 2.09 bits per heavy atom. The molecule has 3 aromatic carbocycles. The number of nitrogens with zero attached hydrogens (tertiary/aromatic N) is 2. The number of ether oxygens (including phenoxy) is 1. The molecule has 11 heteroatoms. The number of methoxy groups -OCH3 is 1. The quantitative estimate of drug-likeness (QED) is 0.335. The van der Waals surface area contributed by atoms with E-state index in [9.17, 15) is 27.2 Å². The van der Waals surface area contributed by atoms with Gasteiger partial charge in [-0.05, 0) is 48.5 Å². The molecule has 180 valence electrons. The Morgan fingerprint density at radius 1 is 0.914 bits per heavy atom. The molecule has 4 aromatic rings. The third-order valence-electron chi connectivity index (χ3n) is 5.60. The third kappa shape index (κ3) is 4.10. The Morgan fingerprint density at radius 2 is 1.49 bits per heavy atom. The van der Waals surface area contributed by atoms with Crippen LogP contribution in [0.15, 0.2) is 80.0 Å². The lowest BCUT2D eigenvalue weighted by Gasteiger charge is -2.17. The molecule has 1 heterocycles. The van der Waals surface area contributed by atoms with Crippen LogP contribution in [-0.2, 0) is 23.9 Å². The molecule has 0 radical (unpaired) electrons. The lowest BCUT2D eigenvalue weighted by atomic mass is 10.1. The predicted molar refractivity (Wildman–Crippen MR) is 127 cm³/mol. The summed E-state index contributed by atoms with van der Waals surface area (Å²) in [6.07, 6.45) is 0. The number of para-hydroxylation sites is 1. The molecular formula is C24H20FN3O6S. The van der Waals surface area contributed by atoms with Crippen molar-refractivity contribution < 1.29 is 22.3 Å². The first-order chi connectivity index (χ1) is 16.6. The van der Waals surface area contributed by atoms with Gasteiger partial charge in [-0.25, -0.2) is 12.8 Å². The number of carbonyl (C=O) groups is 1. The molecule has 0 saturated carbocycles. The van der Waals surface area contributed by atoms with E-state index in [0.29, 0.717) is 0 Å². The van der Waals surface area contributed by atoms with Crippen LogP contribution in [0.3, 0.4) is 0 Å². The van der Waals surface area contributed by atoms with Gasteiger partial charge < -0.3 is 19.2 Å². The van der Waals surface area contributed by atoms with Gasteiger partial charge in [0, 0.05) is 14.1 Å². The van der Waals surface area contributed by atoms with Crippen molar-refractivity contribution in [1.29, 1.82) is 0 Å². The first-order valence-electron chi connectivity index (χ1n) is 10.2. The van der Waals surface area contributed by atoms with Crippen LogP contribution in [0, 0.1) is 5.82 Å². The number of benzene rings is 3. The minimum absolute atomic E-state index is 0.133. The van der Waals surface area contributed by atoms with Gasteiger partial charge in [0.2, 0.25) is 9.84 Å². The number of hydrogen-bond acceptors (Lipinski definition) is 6. The van der Waals surface area contributed by atoms with Crippen LogP contribution in [-0.4, -0.2) is 30.6 Å². The second-order valence-corrected chi connectivity index (χ2v) is 9.60. The number of nitrogens with one attached hydrogen (secondary N) is 1. The van der Waals surface area contributed by atoms with E-state index >= 15 is 0 Å².